The maximum Gasteiger partial charge on any atom is 0.243 e. The van der Waals surface area contributed by atoms with Crippen molar-refractivity contribution >= 4 is 24.3 Å². The van der Waals surface area contributed by atoms with Crippen LogP contribution in [-0.4, -0.2) is 21.5 Å². The van der Waals surface area contributed by atoms with Gasteiger partial charge in [-0.15, -0.1) is 12.4 Å². The molecule has 1 heterocycles. The van der Waals surface area contributed by atoms with E-state index in [1.165, 1.54) is 0 Å². The Hall–Kier alpha value is -1.07. The van der Waals surface area contributed by atoms with Gasteiger partial charge in [0.25, 0.3) is 0 Å². The lowest BCUT2D eigenvalue weighted by Gasteiger charge is -2.13. The second-order valence-corrected chi connectivity index (χ2v) is 4.68. The molecule has 0 bridgehead atoms. The molecule has 6 heteroatoms. The van der Waals surface area contributed by atoms with Crippen molar-refractivity contribution in [2.24, 2.45) is 11.7 Å². The number of aromatic nitrogens is 2. The minimum absolute atomic E-state index is 0. The van der Waals surface area contributed by atoms with Gasteiger partial charge in [0.15, 0.2) is 0 Å². The van der Waals surface area contributed by atoms with E-state index < -0.39 is 6.04 Å². The Morgan fingerprint density at radius 2 is 2.22 bits per heavy atom. The van der Waals surface area contributed by atoms with Crippen molar-refractivity contribution in [3.63, 3.8) is 0 Å². The standard InChI is InChI=1S/C12H22N4O.ClH/c1-4-5-10(13)11(17)15-12-14-6-7-16(12)8-9(2)3;/h6-7,9-10H,4-5,8,13H2,1-3H3,(H,14,15,17);1H. The highest BCUT2D eigenvalue weighted by Gasteiger charge is 2.14. The molecule has 1 aromatic rings. The number of halogens is 1. The van der Waals surface area contributed by atoms with Gasteiger partial charge in [-0.05, 0) is 12.3 Å². The minimum Gasteiger partial charge on any atom is -0.320 e. The molecule has 5 nitrogen and oxygen atoms in total. The van der Waals surface area contributed by atoms with Crippen LogP contribution in [0.5, 0.6) is 0 Å². The van der Waals surface area contributed by atoms with Crippen LogP contribution < -0.4 is 11.1 Å². The third kappa shape index (κ3) is 5.06. The lowest BCUT2D eigenvalue weighted by molar-refractivity contribution is -0.117. The number of hydrogen-bond donors (Lipinski definition) is 2. The molecule has 1 aromatic heterocycles. The highest BCUT2D eigenvalue weighted by Crippen LogP contribution is 2.09. The predicted octanol–water partition coefficient (Wildman–Crippen LogP) is 2.03. The molecular formula is C12H23ClN4O. The molecule has 0 aliphatic carbocycles. The molecule has 3 N–H and O–H groups in total. The Bertz CT molecular complexity index is 365. The third-order valence-electron chi connectivity index (χ3n) is 2.45. The van der Waals surface area contributed by atoms with Crippen molar-refractivity contribution < 1.29 is 4.79 Å². The van der Waals surface area contributed by atoms with Crippen LogP contribution in [0.25, 0.3) is 0 Å². The zero-order valence-electron chi connectivity index (χ0n) is 11.2. The molecule has 0 radical (unpaired) electrons. The van der Waals surface area contributed by atoms with E-state index in [9.17, 15) is 4.79 Å². The second-order valence-electron chi connectivity index (χ2n) is 4.68. The second kappa shape index (κ2) is 8.11. The van der Waals surface area contributed by atoms with Crippen molar-refractivity contribution in [3.05, 3.63) is 12.4 Å². The molecule has 0 saturated carbocycles. The van der Waals surface area contributed by atoms with Crippen molar-refractivity contribution in [3.8, 4) is 0 Å². The molecule has 0 saturated heterocycles. The topological polar surface area (TPSA) is 72.9 Å². The molecule has 0 fully saturated rings. The number of nitrogens with two attached hydrogens (primary N) is 1. The number of imidazole rings is 1. The first kappa shape index (κ1) is 16.9. The largest absolute Gasteiger partial charge is 0.320 e. The van der Waals surface area contributed by atoms with Gasteiger partial charge in [0.1, 0.15) is 0 Å². The van der Waals surface area contributed by atoms with Crippen LogP contribution >= 0.6 is 12.4 Å². The summed E-state index contributed by atoms with van der Waals surface area (Å²) in [6.07, 6.45) is 5.13. The maximum atomic E-state index is 11.7. The molecule has 1 atom stereocenters. The zero-order chi connectivity index (χ0) is 12.8. The molecular weight excluding hydrogens is 252 g/mol. The average molecular weight is 275 g/mol. The van der Waals surface area contributed by atoms with Crippen LogP contribution in [-0.2, 0) is 11.3 Å². The van der Waals surface area contributed by atoms with Gasteiger partial charge in [-0.25, -0.2) is 4.98 Å². The summed E-state index contributed by atoms with van der Waals surface area (Å²) in [6, 6.07) is -0.454. The van der Waals surface area contributed by atoms with E-state index >= 15 is 0 Å². The summed E-state index contributed by atoms with van der Waals surface area (Å²) >= 11 is 0. The summed E-state index contributed by atoms with van der Waals surface area (Å²) in [4.78, 5) is 15.9. The number of nitrogens with one attached hydrogen (secondary N) is 1. The van der Waals surface area contributed by atoms with E-state index in [1.807, 2.05) is 17.7 Å². The number of nitrogens with zero attached hydrogens (tertiary/aromatic N) is 2. The minimum atomic E-state index is -0.454. The van der Waals surface area contributed by atoms with Gasteiger partial charge in [-0.2, -0.15) is 0 Å². The maximum absolute atomic E-state index is 11.7. The smallest absolute Gasteiger partial charge is 0.243 e. The van der Waals surface area contributed by atoms with Crippen molar-refractivity contribution in [2.75, 3.05) is 5.32 Å². The molecule has 18 heavy (non-hydrogen) atoms. The summed E-state index contributed by atoms with van der Waals surface area (Å²) in [7, 11) is 0. The number of carbonyl (C=O) groups is 1. The average Bonchev–Trinajstić information content (AvgIpc) is 2.65. The third-order valence-corrected chi connectivity index (χ3v) is 2.45. The lowest BCUT2D eigenvalue weighted by atomic mass is 10.2. The summed E-state index contributed by atoms with van der Waals surface area (Å²) in [5, 5.41) is 2.77. The lowest BCUT2D eigenvalue weighted by Crippen LogP contribution is -2.36. The van der Waals surface area contributed by atoms with E-state index in [0.29, 0.717) is 18.3 Å². The normalized spacial score (nSPS) is 12.1. The first-order valence-corrected chi connectivity index (χ1v) is 6.12. The summed E-state index contributed by atoms with van der Waals surface area (Å²) < 4.78 is 1.93. The Kier molecular flexibility index (Phi) is 7.62. The monoisotopic (exact) mass is 274 g/mol. The van der Waals surface area contributed by atoms with Crippen LogP contribution in [0.2, 0.25) is 0 Å². The fraction of sp³-hybridized carbons (Fsp3) is 0.667. The van der Waals surface area contributed by atoms with E-state index in [4.69, 9.17) is 5.73 Å². The van der Waals surface area contributed by atoms with E-state index in [-0.39, 0.29) is 18.3 Å². The van der Waals surface area contributed by atoms with Gasteiger partial charge in [-0.3, -0.25) is 10.1 Å². The number of amides is 1. The van der Waals surface area contributed by atoms with Gasteiger partial charge in [0.2, 0.25) is 11.9 Å². The number of rotatable bonds is 6. The van der Waals surface area contributed by atoms with Crippen LogP contribution in [0.1, 0.15) is 33.6 Å². The zero-order valence-corrected chi connectivity index (χ0v) is 12.0. The summed E-state index contributed by atoms with van der Waals surface area (Å²) in [5.74, 6) is 0.919. The number of hydrogen-bond acceptors (Lipinski definition) is 3. The molecule has 0 spiro atoms. The van der Waals surface area contributed by atoms with Gasteiger partial charge < -0.3 is 10.3 Å². The highest BCUT2D eigenvalue weighted by atomic mass is 35.5. The Balaban J connectivity index is 0.00000289. The van der Waals surface area contributed by atoms with Crippen LogP contribution in [0, 0.1) is 5.92 Å². The predicted molar refractivity (Wildman–Crippen MR) is 75.8 cm³/mol. The van der Waals surface area contributed by atoms with Gasteiger partial charge in [0, 0.05) is 18.9 Å². The summed E-state index contributed by atoms with van der Waals surface area (Å²) in [5.41, 5.74) is 5.75. The first-order chi connectivity index (χ1) is 8.04. The van der Waals surface area contributed by atoms with Crippen molar-refractivity contribution in [1.82, 2.24) is 9.55 Å². The molecule has 1 rings (SSSR count). The molecule has 0 aliphatic rings. The van der Waals surface area contributed by atoms with Crippen LogP contribution in [0.3, 0.4) is 0 Å². The van der Waals surface area contributed by atoms with Crippen molar-refractivity contribution in [1.29, 1.82) is 0 Å². The van der Waals surface area contributed by atoms with E-state index in [0.717, 1.165) is 13.0 Å². The van der Waals surface area contributed by atoms with Crippen LogP contribution in [0.15, 0.2) is 12.4 Å². The highest BCUT2D eigenvalue weighted by molar-refractivity contribution is 5.93. The SMILES string of the molecule is CCCC(N)C(=O)Nc1nccn1CC(C)C.Cl. The molecule has 1 amide bonds. The quantitative estimate of drug-likeness (QED) is 0.834. The van der Waals surface area contributed by atoms with E-state index in [2.05, 4.69) is 24.1 Å². The fourth-order valence-electron chi connectivity index (χ4n) is 1.62. The van der Waals surface area contributed by atoms with Gasteiger partial charge in [0.05, 0.1) is 6.04 Å². The molecule has 0 aliphatic heterocycles. The molecule has 1 unspecified atom stereocenters. The van der Waals surface area contributed by atoms with Gasteiger partial charge in [-0.1, -0.05) is 27.2 Å². The van der Waals surface area contributed by atoms with E-state index in [1.54, 1.807) is 6.20 Å². The fourth-order valence-corrected chi connectivity index (χ4v) is 1.62. The van der Waals surface area contributed by atoms with Crippen LogP contribution in [0.4, 0.5) is 5.95 Å². The first-order valence-electron chi connectivity index (χ1n) is 6.12. The molecule has 0 aromatic carbocycles. The van der Waals surface area contributed by atoms with Crippen molar-refractivity contribution in [2.45, 2.75) is 46.2 Å². The molecule has 104 valence electrons. The Morgan fingerprint density at radius 3 is 2.78 bits per heavy atom. The Labute approximate surface area is 115 Å². The summed E-state index contributed by atoms with van der Waals surface area (Å²) in [6.45, 7) is 7.08. The van der Waals surface area contributed by atoms with Gasteiger partial charge >= 0.3 is 0 Å². The number of anilines is 1. The number of carbonyl (C=O) groups excluding carboxylic acids is 1. The Morgan fingerprint density at radius 1 is 1.56 bits per heavy atom.